The molecule has 1 amide bonds. The van der Waals surface area contributed by atoms with E-state index < -0.39 is 0 Å². The van der Waals surface area contributed by atoms with E-state index in [-0.39, 0.29) is 5.91 Å². The standard InChI is InChI=1S/C21H22ClN5O/c22-18-8-9-20(26-10-2-1-3-11-26)19(12-18)25-21(28)17-6-4-16(5-7-17)13-27-15-23-14-24-27/h4-9,12,14-15H,1-3,10-11,13H2,(H,25,28). The van der Waals surface area contributed by atoms with E-state index in [1.54, 1.807) is 11.0 Å². The summed E-state index contributed by atoms with van der Waals surface area (Å²) in [6.45, 7) is 2.62. The molecule has 0 aliphatic carbocycles. The van der Waals surface area contributed by atoms with Gasteiger partial charge < -0.3 is 10.2 Å². The van der Waals surface area contributed by atoms with Crippen LogP contribution >= 0.6 is 11.6 Å². The summed E-state index contributed by atoms with van der Waals surface area (Å²) in [5, 5.41) is 7.74. The molecule has 1 saturated heterocycles. The smallest absolute Gasteiger partial charge is 0.255 e. The van der Waals surface area contributed by atoms with Crippen LogP contribution in [0, 0.1) is 0 Å². The zero-order chi connectivity index (χ0) is 19.3. The number of benzene rings is 2. The molecule has 7 heteroatoms. The Kier molecular flexibility index (Phi) is 5.58. The maximum Gasteiger partial charge on any atom is 0.255 e. The van der Waals surface area contributed by atoms with Crippen LogP contribution in [0.25, 0.3) is 0 Å². The summed E-state index contributed by atoms with van der Waals surface area (Å²) in [5.41, 5.74) is 3.44. The molecule has 0 bridgehead atoms. The number of amides is 1. The van der Waals surface area contributed by atoms with E-state index in [4.69, 9.17) is 11.6 Å². The zero-order valence-electron chi connectivity index (χ0n) is 15.5. The van der Waals surface area contributed by atoms with Crippen LogP contribution < -0.4 is 10.2 Å². The number of nitrogens with one attached hydrogen (secondary N) is 1. The molecule has 0 radical (unpaired) electrons. The normalized spacial score (nSPS) is 14.1. The van der Waals surface area contributed by atoms with Gasteiger partial charge in [-0.2, -0.15) is 5.10 Å². The monoisotopic (exact) mass is 395 g/mol. The first-order chi connectivity index (χ1) is 13.7. The molecule has 0 unspecified atom stereocenters. The predicted octanol–water partition coefficient (Wildman–Crippen LogP) is 4.22. The second-order valence-corrected chi connectivity index (χ2v) is 7.39. The molecule has 1 fully saturated rings. The SMILES string of the molecule is O=C(Nc1cc(Cl)ccc1N1CCCCC1)c1ccc(Cn2cncn2)cc1. The van der Waals surface area contributed by atoms with Gasteiger partial charge in [0.25, 0.3) is 5.91 Å². The zero-order valence-corrected chi connectivity index (χ0v) is 16.3. The molecular weight excluding hydrogens is 374 g/mol. The molecule has 1 aromatic heterocycles. The molecule has 6 nitrogen and oxygen atoms in total. The van der Waals surface area contributed by atoms with Crippen molar-refractivity contribution in [3.05, 3.63) is 71.3 Å². The number of piperidine rings is 1. The molecule has 0 spiro atoms. The molecule has 0 saturated carbocycles. The van der Waals surface area contributed by atoms with Crippen LogP contribution in [-0.2, 0) is 6.54 Å². The molecule has 1 aliphatic heterocycles. The van der Waals surface area contributed by atoms with Crippen LogP contribution in [-0.4, -0.2) is 33.8 Å². The van der Waals surface area contributed by atoms with Crippen molar-refractivity contribution >= 4 is 28.9 Å². The first-order valence-corrected chi connectivity index (χ1v) is 9.84. The quantitative estimate of drug-likeness (QED) is 0.702. The number of nitrogens with zero attached hydrogens (tertiary/aromatic N) is 4. The first kappa shape index (κ1) is 18.5. The summed E-state index contributed by atoms with van der Waals surface area (Å²) < 4.78 is 1.74. The van der Waals surface area contributed by atoms with Gasteiger partial charge in [-0.25, -0.2) is 9.67 Å². The van der Waals surface area contributed by atoms with Crippen LogP contribution in [0.2, 0.25) is 5.02 Å². The second kappa shape index (κ2) is 8.44. The third-order valence-electron chi connectivity index (χ3n) is 4.93. The number of hydrogen-bond acceptors (Lipinski definition) is 4. The van der Waals surface area contributed by atoms with Crippen molar-refractivity contribution in [2.75, 3.05) is 23.3 Å². The van der Waals surface area contributed by atoms with Crippen LogP contribution in [0.3, 0.4) is 0 Å². The van der Waals surface area contributed by atoms with Gasteiger partial charge in [-0.1, -0.05) is 23.7 Å². The van der Waals surface area contributed by atoms with Crippen molar-refractivity contribution in [3.63, 3.8) is 0 Å². The highest BCUT2D eigenvalue weighted by Crippen LogP contribution is 2.31. The number of halogens is 1. The highest BCUT2D eigenvalue weighted by molar-refractivity contribution is 6.31. The van der Waals surface area contributed by atoms with E-state index in [2.05, 4.69) is 20.3 Å². The second-order valence-electron chi connectivity index (χ2n) is 6.95. The minimum Gasteiger partial charge on any atom is -0.370 e. The van der Waals surface area contributed by atoms with Crippen molar-refractivity contribution in [1.82, 2.24) is 14.8 Å². The summed E-state index contributed by atoms with van der Waals surface area (Å²) >= 11 is 6.19. The van der Waals surface area contributed by atoms with E-state index in [1.807, 2.05) is 42.5 Å². The average Bonchev–Trinajstić information content (AvgIpc) is 3.22. The number of aromatic nitrogens is 3. The number of carbonyl (C=O) groups excluding carboxylic acids is 1. The lowest BCUT2D eigenvalue weighted by atomic mass is 10.1. The van der Waals surface area contributed by atoms with Gasteiger partial charge in [0.05, 0.1) is 17.9 Å². The van der Waals surface area contributed by atoms with Gasteiger partial charge in [-0.05, 0) is 55.2 Å². The molecule has 1 N–H and O–H groups in total. The first-order valence-electron chi connectivity index (χ1n) is 9.46. The maximum atomic E-state index is 12.8. The van der Waals surface area contributed by atoms with Gasteiger partial charge in [0.2, 0.25) is 0 Å². The molecule has 0 atom stereocenters. The molecule has 4 rings (SSSR count). The Labute approximate surface area is 169 Å². The maximum absolute atomic E-state index is 12.8. The van der Waals surface area contributed by atoms with Gasteiger partial charge in [-0.15, -0.1) is 0 Å². The summed E-state index contributed by atoms with van der Waals surface area (Å²) in [7, 11) is 0. The van der Waals surface area contributed by atoms with Gasteiger partial charge in [0.15, 0.2) is 0 Å². The van der Waals surface area contributed by atoms with Crippen molar-refractivity contribution in [1.29, 1.82) is 0 Å². The van der Waals surface area contributed by atoms with Crippen molar-refractivity contribution in [2.45, 2.75) is 25.8 Å². The third kappa shape index (κ3) is 4.34. The summed E-state index contributed by atoms with van der Waals surface area (Å²) in [6, 6.07) is 13.2. The Morgan fingerprint density at radius 2 is 1.86 bits per heavy atom. The fourth-order valence-electron chi connectivity index (χ4n) is 3.48. The Morgan fingerprint density at radius 1 is 1.07 bits per heavy atom. The number of rotatable bonds is 5. The largest absolute Gasteiger partial charge is 0.370 e. The van der Waals surface area contributed by atoms with E-state index in [0.29, 0.717) is 17.1 Å². The summed E-state index contributed by atoms with van der Waals surface area (Å²) in [6.07, 6.45) is 6.77. The molecule has 2 aromatic carbocycles. The summed E-state index contributed by atoms with van der Waals surface area (Å²) in [5.74, 6) is -0.146. The topological polar surface area (TPSA) is 63.1 Å². The van der Waals surface area contributed by atoms with Crippen molar-refractivity contribution < 1.29 is 4.79 Å². The van der Waals surface area contributed by atoms with E-state index in [9.17, 15) is 4.79 Å². The average molecular weight is 396 g/mol. The highest BCUT2D eigenvalue weighted by Gasteiger charge is 2.17. The van der Waals surface area contributed by atoms with E-state index in [1.165, 1.54) is 25.6 Å². The molecule has 144 valence electrons. The molecule has 3 aromatic rings. The lowest BCUT2D eigenvalue weighted by molar-refractivity contribution is 0.102. The van der Waals surface area contributed by atoms with Gasteiger partial charge in [-0.3, -0.25) is 4.79 Å². The van der Waals surface area contributed by atoms with Crippen LogP contribution in [0.1, 0.15) is 35.2 Å². The molecular formula is C21H22ClN5O. The van der Waals surface area contributed by atoms with Gasteiger partial charge in [0.1, 0.15) is 12.7 Å². The van der Waals surface area contributed by atoms with Gasteiger partial charge >= 0.3 is 0 Å². The Bertz CT molecular complexity index is 934. The Balaban J connectivity index is 1.49. The molecule has 28 heavy (non-hydrogen) atoms. The number of carbonyl (C=O) groups is 1. The number of hydrogen-bond donors (Lipinski definition) is 1. The van der Waals surface area contributed by atoms with Gasteiger partial charge in [0, 0.05) is 23.7 Å². The molecule has 1 aliphatic rings. The highest BCUT2D eigenvalue weighted by atomic mass is 35.5. The minimum absolute atomic E-state index is 0.146. The van der Waals surface area contributed by atoms with Crippen LogP contribution in [0.4, 0.5) is 11.4 Å². The van der Waals surface area contributed by atoms with Crippen molar-refractivity contribution in [2.24, 2.45) is 0 Å². The van der Waals surface area contributed by atoms with Crippen molar-refractivity contribution in [3.8, 4) is 0 Å². The Morgan fingerprint density at radius 3 is 2.57 bits per heavy atom. The fraction of sp³-hybridized carbons (Fsp3) is 0.286. The number of anilines is 2. The van der Waals surface area contributed by atoms with Crippen LogP contribution in [0.15, 0.2) is 55.1 Å². The summed E-state index contributed by atoms with van der Waals surface area (Å²) in [4.78, 5) is 19.0. The third-order valence-corrected chi connectivity index (χ3v) is 5.17. The van der Waals surface area contributed by atoms with E-state index >= 15 is 0 Å². The molecule has 2 heterocycles. The predicted molar refractivity (Wildman–Crippen MR) is 111 cm³/mol. The van der Waals surface area contributed by atoms with E-state index in [0.717, 1.165) is 30.0 Å². The van der Waals surface area contributed by atoms with Crippen LogP contribution in [0.5, 0.6) is 0 Å². The fourth-order valence-corrected chi connectivity index (χ4v) is 3.65. The lowest BCUT2D eigenvalue weighted by Crippen LogP contribution is -2.30. The lowest BCUT2D eigenvalue weighted by Gasteiger charge is -2.30. The minimum atomic E-state index is -0.146. The Hall–Kier alpha value is -2.86.